The van der Waals surface area contributed by atoms with E-state index in [0.29, 0.717) is 15.7 Å². The monoisotopic (exact) mass is 280 g/mol. The topological polar surface area (TPSA) is 29.3 Å². The van der Waals surface area contributed by atoms with E-state index in [2.05, 4.69) is 11.8 Å². The Morgan fingerprint density at radius 3 is 2.11 bits per heavy atom. The number of rotatable bonds is 3. The molecule has 0 fully saturated rings. The second-order valence-corrected chi connectivity index (χ2v) is 4.73. The zero-order valence-corrected chi connectivity index (χ0v) is 11.5. The molecule has 18 heavy (non-hydrogen) atoms. The molecule has 0 amide bonds. The maximum Gasteiger partial charge on any atom is 0.0790 e. The van der Waals surface area contributed by atoms with Gasteiger partial charge in [-0.15, -0.1) is 0 Å². The van der Waals surface area contributed by atoms with Crippen LogP contribution in [0.25, 0.3) is 0 Å². The van der Waals surface area contributed by atoms with E-state index in [9.17, 15) is 0 Å². The van der Waals surface area contributed by atoms with Crippen molar-refractivity contribution in [3.63, 3.8) is 0 Å². The van der Waals surface area contributed by atoms with E-state index < -0.39 is 0 Å². The molecule has 0 atom stereocenters. The highest BCUT2D eigenvalue weighted by molar-refractivity contribution is 6.39. The second kappa shape index (κ2) is 5.51. The van der Waals surface area contributed by atoms with E-state index in [1.54, 1.807) is 12.1 Å². The van der Waals surface area contributed by atoms with Crippen LogP contribution >= 0.6 is 23.2 Å². The number of nitrogens with zero attached hydrogens (tertiary/aromatic N) is 1. The zero-order valence-electron chi connectivity index (χ0n) is 10.0. The molecule has 0 saturated heterocycles. The highest BCUT2D eigenvalue weighted by atomic mass is 35.5. The summed E-state index contributed by atoms with van der Waals surface area (Å²) in [4.78, 5) is 2.06. The Bertz CT molecular complexity index is 518. The first-order valence-electron chi connectivity index (χ1n) is 5.70. The van der Waals surface area contributed by atoms with Crippen molar-refractivity contribution >= 4 is 40.3 Å². The molecule has 0 saturated carbocycles. The highest BCUT2D eigenvalue weighted by Crippen LogP contribution is 2.39. The Morgan fingerprint density at radius 2 is 1.61 bits per heavy atom. The van der Waals surface area contributed by atoms with Crippen LogP contribution in [0.1, 0.15) is 6.92 Å². The molecule has 0 aromatic heterocycles. The predicted octanol–water partition coefficient (Wildman–Crippen LogP) is 4.73. The van der Waals surface area contributed by atoms with Gasteiger partial charge in [0.15, 0.2) is 0 Å². The molecule has 2 aromatic rings. The molecule has 2 aromatic carbocycles. The van der Waals surface area contributed by atoms with Gasteiger partial charge in [0.1, 0.15) is 0 Å². The first kappa shape index (κ1) is 13.1. The van der Waals surface area contributed by atoms with Gasteiger partial charge in [0, 0.05) is 17.9 Å². The molecular formula is C14H14Cl2N2. The third-order valence-corrected chi connectivity index (χ3v) is 3.27. The summed E-state index contributed by atoms with van der Waals surface area (Å²) in [5.41, 5.74) is 8.13. The van der Waals surface area contributed by atoms with Crippen molar-refractivity contribution in [3.05, 3.63) is 52.5 Å². The van der Waals surface area contributed by atoms with Crippen molar-refractivity contribution < 1.29 is 0 Å². The molecule has 0 bridgehead atoms. The standard InChI is InChI=1S/C14H14Cl2N2/c1-2-18(11-6-4-3-5-7-11)14-12(15)8-10(17)9-13(14)16/h3-9H,2,17H2,1H3. The molecule has 4 heteroatoms. The van der Waals surface area contributed by atoms with Gasteiger partial charge < -0.3 is 10.6 Å². The number of hydrogen-bond acceptors (Lipinski definition) is 2. The maximum absolute atomic E-state index is 6.25. The van der Waals surface area contributed by atoms with Crippen LogP contribution in [-0.2, 0) is 0 Å². The van der Waals surface area contributed by atoms with E-state index in [4.69, 9.17) is 28.9 Å². The summed E-state index contributed by atoms with van der Waals surface area (Å²) in [5, 5.41) is 1.12. The first-order valence-corrected chi connectivity index (χ1v) is 6.46. The summed E-state index contributed by atoms with van der Waals surface area (Å²) in [6, 6.07) is 13.4. The van der Waals surface area contributed by atoms with Crippen molar-refractivity contribution in [1.82, 2.24) is 0 Å². The van der Waals surface area contributed by atoms with Crippen molar-refractivity contribution in [3.8, 4) is 0 Å². The summed E-state index contributed by atoms with van der Waals surface area (Å²) in [6.45, 7) is 2.82. The zero-order chi connectivity index (χ0) is 13.1. The van der Waals surface area contributed by atoms with Gasteiger partial charge >= 0.3 is 0 Å². The van der Waals surface area contributed by atoms with E-state index in [1.807, 2.05) is 30.3 Å². The number of hydrogen-bond donors (Lipinski definition) is 1. The number of nitrogens with two attached hydrogens (primary N) is 1. The molecule has 0 heterocycles. The van der Waals surface area contributed by atoms with Gasteiger partial charge in [0.2, 0.25) is 0 Å². The molecule has 0 spiro atoms. The third kappa shape index (κ3) is 2.55. The Labute approximate surface area is 117 Å². The molecule has 0 aliphatic carbocycles. The Balaban J connectivity index is 2.52. The van der Waals surface area contributed by atoms with Crippen LogP contribution in [0, 0.1) is 0 Å². The van der Waals surface area contributed by atoms with Gasteiger partial charge in [-0.2, -0.15) is 0 Å². The quantitative estimate of drug-likeness (QED) is 0.824. The van der Waals surface area contributed by atoms with Gasteiger partial charge in [-0.25, -0.2) is 0 Å². The first-order chi connectivity index (χ1) is 8.63. The molecule has 0 unspecified atom stereocenters. The molecule has 2 rings (SSSR count). The SMILES string of the molecule is CCN(c1ccccc1)c1c(Cl)cc(N)cc1Cl. The lowest BCUT2D eigenvalue weighted by molar-refractivity contribution is 1.02. The fraction of sp³-hybridized carbons (Fsp3) is 0.143. The van der Waals surface area contributed by atoms with Crippen LogP contribution in [0.3, 0.4) is 0 Å². The minimum absolute atomic E-state index is 0.561. The lowest BCUT2D eigenvalue weighted by atomic mass is 10.2. The highest BCUT2D eigenvalue weighted by Gasteiger charge is 2.15. The summed E-state index contributed by atoms with van der Waals surface area (Å²) >= 11 is 12.5. The normalized spacial score (nSPS) is 10.4. The number of benzene rings is 2. The summed E-state index contributed by atoms with van der Waals surface area (Å²) in [6.07, 6.45) is 0. The lowest BCUT2D eigenvalue weighted by Crippen LogP contribution is -2.16. The fourth-order valence-corrected chi connectivity index (χ4v) is 2.63. The van der Waals surface area contributed by atoms with Gasteiger partial charge in [0.25, 0.3) is 0 Å². The molecule has 94 valence electrons. The van der Waals surface area contributed by atoms with E-state index >= 15 is 0 Å². The van der Waals surface area contributed by atoms with Gasteiger partial charge in [-0.05, 0) is 31.2 Å². The number of anilines is 3. The second-order valence-electron chi connectivity index (χ2n) is 3.91. The van der Waals surface area contributed by atoms with Crippen molar-refractivity contribution in [2.75, 3.05) is 17.2 Å². The number of nitrogen functional groups attached to an aromatic ring is 1. The minimum Gasteiger partial charge on any atom is -0.399 e. The Hall–Kier alpha value is -1.38. The molecule has 0 aliphatic heterocycles. The average molecular weight is 281 g/mol. The molecular weight excluding hydrogens is 267 g/mol. The van der Waals surface area contributed by atoms with Crippen molar-refractivity contribution in [2.45, 2.75) is 6.92 Å². The number of para-hydroxylation sites is 1. The van der Waals surface area contributed by atoms with Crippen LogP contribution in [-0.4, -0.2) is 6.54 Å². The van der Waals surface area contributed by atoms with E-state index in [0.717, 1.165) is 17.9 Å². The van der Waals surface area contributed by atoms with Crippen molar-refractivity contribution in [2.24, 2.45) is 0 Å². The van der Waals surface area contributed by atoms with Gasteiger partial charge in [-0.3, -0.25) is 0 Å². The minimum atomic E-state index is 0.561. The Kier molecular flexibility index (Phi) is 4.00. The molecule has 2 nitrogen and oxygen atoms in total. The molecule has 0 aliphatic rings. The molecule has 2 N–H and O–H groups in total. The fourth-order valence-electron chi connectivity index (χ4n) is 1.92. The number of halogens is 2. The summed E-state index contributed by atoms with van der Waals surface area (Å²) < 4.78 is 0. The summed E-state index contributed by atoms with van der Waals surface area (Å²) in [7, 11) is 0. The van der Waals surface area contributed by atoms with Crippen molar-refractivity contribution in [1.29, 1.82) is 0 Å². The van der Waals surface area contributed by atoms with Crippen LogP contribution in [0.2, 0.25) is 10.0 Å². The predicted molar refractivity (Wildman–Crippen MR) is 80.0 cm³/mol. The third-order valence-electron chi connectivity index (χ3n) is 2.69. The average Bonchev–Trinajstić information content (AvgIpc) is 2.34. The maximum atomic E-state index is 6.25. The molecule has 0 radical (unpaired) electrons. The smallest absolute Gasteiger partial charge is 0.0790 e. The van der Waals surface area contributed by atoms with Crippen LogP contribution < -0.4 is 10.6 Å². The van der Waals surface area contributed by atoms with Crippen LogP contribution in [0.5, 0.6) is 0 Å². The van der Waals surface area contributed by atoms with Crippen LogP contribution in [0.4, 0.5) is 17.1 Å². The van der Waals surface area contributed by atoms with Gasteiger partial charge in [0.05, 0.1) is 15.7 Å². The van der Waals surface area contributed by atoms with E-state index in [-0.39, 0.29) is 0 Å². The van der Waals surface area contributed by atoms with Gasteiger partial charge in [-0.1, -0.05) is 41.4 Å². The Morgan fingerprint density at radius 1 is 1.06 bits per heavy atom. The van der Waals surface area contributed by atoms with E-state index in [1.165, 1.54) is 0 Å². The van der Waals surface area contributed by atoms with Crippen LogP contribution in [0.15, 0.2) is 42.5 Å². The summed E-state index contributed by atoms with van der Waals surface area (Å²) in [5.74, 6) is 0. The largest absolute Gasteiger partial charge is 0.399 e. The lowest BCUT2D eigenvalue weighted by Gasteiger charge is -2.25.